The summed E-state index contributed by atoms with van der Waals surface area (Å²) in [5.74, 6) is -0.969. The van der Waals surface area contributed by atoms with Crippen molar-refractivity contribution >= 4 is 5.69 Å². The first-order chi connectivity index (χ1) is 8.61. The van der Waals surface area contributed by atoms with E-state index in [4.69, 9.17) is 0 Å². The maximum Gasteiger partial charge on any atom is 0.152 e. The van der Waals surface area contributed by atoms with Crippen molar-refractivity contribution in [1.82, 2.24) is 4.90 Å². The predicted octanol–water partition coefficient (Wildman–Crippen LogP) is 3.17. The second-order valence-electron chi connectivity index (χ2n) is 4.91. The number of aryl methyl sites for hydroxylation is 1. The van der Waals surface area contributed by atoms with Crippen molar-refractivity contribution in [3.63, 3.8) is 0 Å². The van der Waals surface area contributed by atoms with Gasteiger partial charge in [-0.15, -0.1) is 0 Å². The van der Waals surface area contributed by atoms with Crippen LogP contribution in [0.15, 0.2) is 12.1 Å². The second kappa shape index (κ2) is 5.65. The van der Waals surface area contributed by atoms with Crippen molar-refractivity contribution in [1.29, 1.82) is 0 Å². The molecule has 0 amide bonds. The predicted molar refractivity (Wildman–Crippen MR) is 69.9 cm³/mol. The number of likely N-dealkylation sites (tertiary alicyclic amines) is 1. The van der Waals surface area contributed by atoms with Gasteiger partial charge in [0.1, 0.15) is 11.5 Å². The standard InChI is InChI=1S/C14H20F2N2/c1-3-18-8-6-11(7-9-18)17-14-12(15)5-4-10(2)13(14)16/h4-5,11,17H,3,6-9H2,1-2H3. The Kier molecular flexibility index (Phi) is 4.17. The van der Waals surface area contributed by atoms with Crippen molar-refractivity contribution in [2.75, 3.05) is 25.0 Å². The molecule has 2 rings (SSSR count). The number of hydrogen-bond acceptors (Lipinski definition) is 2. The van der Waals surface area contributed by atoms with Crippen molar-refractivity contribution in [3.8, 4) is 0 Å². The smallest absolute Gasteiger partial charge is 0.152 e. The van der Waals surface area contributed by atoms with Crippen molar-refractivity contribution in [2.24, 2.45) is 0 Å². The fourth-order valence-electron chi connectivity index (χ4n) is 2.39. The summed E-state index contributed by atoms with van der Waals surface area (Å²) >= 11 is 0. The summed E-state index contributed by atoms with van der Waals surface area (Å²) in [6.45, 7) is 6.81. The Morgan fingerprint density at radius 2 is 1.94 bits per heavy atom. The van der Waals surface area contributed by atoms with Crippen molar-refractivity contribution in [3.05, 3.63) is 29.3 Å². The molecule has 0 aromatic heterocycles. The van der Waals surface area contributed by atoms with Gasteiger partial charge in [-0.25, -0.2) is 8.78 Å². The van der Waals surface area contributed by atoms with Crippen LogP contribution in [0.5, 0.6) is 0 Å². The minimum Gasteiger partial charge on any atom is -0.377 e. The number of anilines is 1. The van der Waals surface area contributed by atoms with Gasteiger partial charge in [0.2, 0.25) is 0 Å². The Balaban J connectivity index is 2.04. The topological polar surface area (TPSA) is 15.3 Å². The molecule has 0 unspecified atom stereocenters. The van der Waals surface area contributed by atoms with Crippen LogP contribution in [0.4, 0.5) is 14.5 Å². The molecule has 0 bridgehead atoms. The lowest BCUT2D eigenvalue weighted by Gasteiger charge is -2.32. The molecule has 1 saturated heterocycles. The zero-order chi connectivity index (χ0) is 13.1. The molecule has 1 aliphatic heterocycles. The molecular formula is C14H20F2N2. The van der Waals surface area contributed by atoms with E-state index in [0.717, 1.165) is 32.5 Å². The molecule has 4 heteroatoms. The van der Waals surface area contributed by atoms with Gasteiger partial charge in [0, 0.05) is 19.1 Å². The third kappa shape index (κ3) is 2.80. The van der Waals surface area contributed by atoms with Crippen LogP contribution in [0.3, 0.4) is 0 Å². The highest BCUT2D eigenvalue weighted by atomic mass is 19.1. The second-order valence-corrected chi connectivity index (χ2v) is 4.91. The lowest BCUT2D eigenvalue weighted by Crippen LogP contribution is -2.39. The van der Waals surface area contributed by atoms with Crippen LogP contribution >= 0.6 is 0 Å². The van der Waals surface area contributed by atoms with Crippen LogP contribution in [-0.4, -0.2) is 30.6 Å². The third-order valence-corrected chi connectivity index (χ3v) is 3.67. The summed E-state index contributed by atoms with van der Waals surface area (Å²) in [7, 11) is 0. The molecule has 0 radical (unpaired) electrons. The Morgan fingerprint density at radius 3 is 2.56 bits per heavy atom. The normalized spacial score (nSPS) is 18.0. The molecule has 1 aliphatic rings. The molecule has 1 fully saturated rings. The molecule has 0 atom stereocenters. The fourth-order valence-corrected chi connectivity index (χ4v) is 2.39. The van der Waals surface area contributed by atoms with E-state index >= 15 is 0 Å². The quantitative estimate of drug-likeness (QED) is 0.891. The van der Waals surface area contributed by atoms with Gasteiger partial charge < -0.3 is 10.2 Å². The molecule has 0 aliphatic carbocycles. The van der Waals surface area contributed by atoms with E-state index in [2.05, 4.69) is 17.1 Å². The zero-order valence-electron chi connectivity index (χ0n) is 11.0. The molecular weight excluding hydrogens is 234 g/mol. The minimum absolute atomic E-state index is 0.0324. The lowest BCUT2D eigenvalue weighted by molar-refractivity contribution is 0.229. The number of nitrogens with one attached hydrogen (secondary N) is 1. The highest BCUT2D eigenvalue weighted by Gasteiger charge is 2.20. The van der Waals surface area contributed by atoms with Gasteiger partial charge in [0.15, 0.2) is 5.82 Å². The van der Waals surface area contributed by atoms with E-state index in [1.807, 2.05) is 0 Å². The highest BCUT2D eigenvalue weighted by molar-refractivity contribution is 5.49. The number of benzene rings is 1. The van der Waals surface area contributed by atoms with E-state index in [1.165, 1.54) is 12.1 Å². The Hall–Kier alpha value is -1.16. The average Bonchev–Trinajstić information content (AvgIpc) is 2.40. The molecule has 18 heavy (non-hydrogen) atoms. The Morgan fingerprint density at radius 1 is 1.28 bits per heavy atom. The summed E-state index contributed by atoms with van der Waals surface area (Å²) in [5, 5.41) is 3.03. The number of nitrogens with zero attached hydrogens (tertiary/aromatic N) is 1. The maximum atomic E-state index is 13.8. The number of rotatable bonds is 3. The van der Waals surface area contributed by atoms with Crippen LogP contribution in [0.1, 0.15) is 25.3 Å². The van der Waals surface area contributed by atoms with Gasteiger partial charge in [-0.05, 0) is 37.9 Å². The first-order valence-corrected chi connectivity index (χ1v) is 6.55. The molecule has 100 valence electrons. The van der Waals surface area contributed by atoms with Crippen LogP contribution in [0, 0.1) is 18.6 Å². The summed E-state index contributed by atoms with van der Waals surface area (Å²) in [5.41, 5.74) is 0.509. The SMILES string of the molecule is CCN1CCC(Nc2c(F)ccc(C)c2F)CC1. The molecule has 1 heterocycles. The van der Waals surface area contributed by atoms with E-state index < -0.39 is 11.6 Å². The van der Waals surface area contributed by atoms with Gasteiger partial charge in [-0.3, -0.25) is 0 Å². The summed E-state index contributed by atoms with van der Waals surface area (Å²) < 4.78 is 27.5. The monoisotopic (exact) mass is 254 g/mol. The summed E-state index contributed by atoms with van der Waals surface area (Å²) in [6.07, 6.45) is 1.86. The molecule has 1 aromatic carbocycles. The van der Waals surface area contributed by atoms with Gasteiger partial charge >= 0.3 is 0 Å². The van der Waals surface area contributed by atoms with Crippen LogP contribution in [-0.2, 0) is 0 Å². The van der Waals surface area contributed by atoms with Crippen molar-refractivity contribution in [2.45, 2.75) is 32.7 Å². The zero-order valence-corrected chi connectivity index (χ0v) is 11.0. The molecule has 0 saturated carbocycles. The largest absolute Gasteiger partial charge is 0.377 e. The lowest BCUT2D eigenvalue weighted by atomic mass is 10.0. The van der Waals surface area contributed by atoms with Crippen molar-refractivity contribution < 1.29 is 8.78 Å². The summed E-state index contributed by atoms with van der Waals surface area (Å²) in [6, 6.07) is 2.95. The van der Waals surface area contributed by atoms with Crippen LogP contribution in [0.25, 0.3) is 0 Å². The van der Waals surface area contributed by atoms with Gasteiger partial charge in [0.05, 0.1) is 0 Å². The van der Waals surface area contributed by atoms with E-state index in [1.54, 1.807) is 6.92 Å². The average molecular weight is 254 g/mol. The summed E-state index contributed by atoms with van der Waals surface area (Å²) in [4.78, 5) is 2.35. The number of halogens is 2. The van der Waals surface area contributed by atoms with Crippen LogP contribution < -0.4 is 5.32 Å². The maximum absolute atomic E-state index is 13.8. The van der Waals surface area contributed by atoms with Gasteiger partial charge in [-0.2, -0.15) is 0 Å². The first kappa shape index (κ1) is 13.3. The molecule has 1 N–H and O–H groups in total. The van der Waals surface area contributed by atoms with Gasteiger partial charge in [0.25, 0.3) is 0 Å². The van der Waals surface area contributed by atoms with E-state index in [9.17, 15) is 8.78 Å². The fraction of sp³-hybridized carbons (Fsp3) is 0.571. The first-order valence-electron chi connectivity index (χ1n) is 6.55. The number of hydrogen-bond donors (Lipinski definition) is 1. The van der Waals surface area contributed by atoms with Crippen LogP contribution in [0.2, 0.25) is 0 Å². The number of piperidine rings is 1. The Labute approximate surface area is 107 Å². The minimum atomic E-state index is -0.504. The Bertz CT molecular complexity index is 413. The third-order valence-electron chi connectivity index (χ3n) is 3.67. The molecule has 0 spiro atoms. The van der Waals surface area contributed by atoms with E-state index in [0.29, 0.717) is 5.56 Å². The highest BCUT2D eigenvalue weighted by Crippen LogP contribution is 2.24. The van der Waals surface area contributed by atoms with Gasteiger partial charge in [-0.1, -0.05) is 13.0 Å². The molecule has 2 nitrogen and oxygen atoms in total. The van der Waals surface area contributed by atoms with E-state index in [-0.39, 0.29) is 11.7 Å². The molecule has 1 aromatic rings.